The second-order valence-corrected chi connectivity index (χ2v) is 4.59. The molecule has 0 aromatic heterocycles. The number of nitrogens with zero attached hydrogens (tertiary/aromatic N) is 2. The highest BCUT2D eigenvalue weighted by molar-refractivity contribution is 5.73. The monoisotopic (exact) mass is 233 g/mol. The molecule has 1 aromatic rings. The number of anilines is 2. The highest BCUT2D eigenvalue weighted by Gasteiger charge is 2.20. The van der Waals surface area contributed by atoms with Crippen LogP contribution < -0.4 is 10.2 Å². The second kappa shape index (κ2) is 5.19. The van der Waals surface area contributed by atoms with Crippen molar-refractivity contribution in [3.8, 4) is 0 Å². The summed E-state index contributed by atoms with van der Waals surface area (Å²) >= 11 is 0. The minimum atomic E-state index is 0.562. The van der Waals surface area contributed by atoms with Crippen molar-refractivity contribution in [2.75, 3.05) is 36.9 Å². The van der Waals surface area contributed by atoms with E-state index in [0.717, 1.165) is 25.3 Å². The Labute approximate surface area is 102 Å². The van der Waals surface area contributed by atoms with Crippen molar-refractivity contribution in [1.82, 2.24) is 4.90 Å². The van der Waals surface area contributed by atoms with Crippen LogP contribution >= 0.6 is 0 Å². The largest absolute Gasteiger partial charge is 0.369 e. The highest BCUT2D eigenvalue weighted by atomic mass is 16.1. The number of nitrogens with one attached hydrogen (secondary N) is 1. The van der Waals surface area contributed by atoms with Crippen LogP contribution in [0.15, 0.2) is 24.3 Å². The summed E-state index contributed by atoms with van der Waals surface area (Å²) < 4.78 is 0. The standard InChI is InChI=1S/C13H19N3O/c1-11-9-16(7-6-15(11)2)13-5-3-4-12(8-13)14-10-17/h3-5,8,10-11H,6-7,9H2,1-2H3,(H,14,17). The minimum absolute atomic E-state index is 0.562. The van der Waals surface area contributed by atoms with E-state index in [1.54, 1.807) is 0 Å². The molecule has 1 N–H and O–H groups in total. The van der Waals surface area contributed by atoms with E-state index >= 15 is 0 Å². The first kappa shape index (κ1) is 11.9. The van der Waals surface area contributed by atoms with Gasteiger partial charge in [0.2, 0.25) is 6.41 Å². The molecule has 1 aliphatic heterocycles. The molecule has 1 saturated heterocycles. The van der Waals surface area contributed by atoms with Gasteiger partial charge >= 0.3 is 0 Å². The van der Waals surface area contributed by atoms with Gasteiger partial charge in [0.25, 0.3) is 0 Å². The molecule has 1 fully saturated rings. The maximum absolute atomic E-state index is 10.4. The summed E-state index contributed by atoms with van der Waals surface area (Å²) in [5.74, 6) is 0. The van der Waals surface area contributed by atoms with Gasteiger partial charge in [-0.05, 0) is 32.2 Å². The number of carbonyl (C=O) groups excluding carboxylic acids is 1. The van der Waals surface area contributed by atoms with E-state index in [1.807, 2.05) is 18.2 Å². The summed E-state index contributed by atoms with van der Waals surface area (Å²) in [5.41, 5.74) is 2.03. The average Bonchev–Trinajstić information content (AvgIpc) is 2.33. The predicted molar refractivity (Wildman–Crippen MR) is 70.4 cm³/mol. The molecule has 0 bridgehead atoms. The summed E-state index contributed by atoms with van der Waals surface area (Å²) in [7, 11) is 2.16. The lowest BCUT2D eigenvalue weighted by Crippen LogP contribution is -2.50. The number of benzene rings is 1. The van der Waals surface area contributed by atoms with Crippen LogP contribution in [0.3, 0.4) is 0 Å². The Bertz CT molecular complexity index is 394. The Morgan fingerprint density at radius 1 is 1.41 bits per heavy atom. The summed E-state index contributed by atoms with van der Waals surface area (Å²) in [6.45, 7) is 5.37. The van der Waals surface area contributed by atoms with Crippen LogP contribution in [0.2, 0.25) is 0 Å². The zero-order chi connectivity index (χ0) is 12.3. The zero-order valence-corrected chi connectivity index (χ0v) is 10.4. The number of hydrogen-bond acceptors (Lipinski definition) is 3. The van der Waals surface area contributed by atoms with E-state index in [2.05, 4.69) is 35.2 Å². The molecule has 17 heavy (non-hydrogen) atoms. The minimum Gasteiger partial charge on any atom is -0.369 e. The van der Waals surface area contributed by atoms with Crippen molar-refractivity contribution in [1.29, 1.82) is 0 Å². The molecule has 92 valence electrons. The van der Waals surface area contributed by atoms with Crippen molar-refractivity contribution in [3.05, 3.63) is 24.3 Å². The van der Waals surface area contributed by atoms with Crippen LogP contribution in [0.4, 0.5) is 11.4 Å². The molecule has 1 heterocycles. The third-order valence-corrected chi connectivity index (χ3v) is 3.40. The van der Waals surface area contributed by atoms with Crippen LogP contribution in [-0.4, -0.2) is 44.0 Å². The third-order valence-electron chi connectivity index (χ3n) is 3.40. The SMILES string of the molecule is CC1CN(c2cccc(NC=O)c2)CCN1C. The topological polar surface area (TPSA) is 35.6 Å². The van der Waals surface area contributed by atoms with Gasteiger partial charge in [-0.1, -0.05) is 6.07 Å². The van der Waals surface area contributed by atoms with Crippen LogP contribution in [-0.2, 0) is 4.79 Å². The van der Waals surface area contributed by atoms with Gasteiger partial charge in [-0.25, -0.2) is 0 Å². The van der Waals surface area contributed by atoms with E-state index in [1.165, 1.54) is 5.69 Å². The summed E-state index contributed by atoms with van der Waals surface area (Å²) in [5, 5.41) is 2.69. The molecule has 0 spiro atoms. The van der Waals surface area contributed by atoms with Crippen molar-refractivity contribution < 1.29 is 4.79 Å². The quantitative estimate of drug-likeness (QED) is 0.801. The number of rotatable bonds is 3. The molecule has 1 unspecified atom stereocenters. The van der Waals surface area contributed by atoms with Crippen molar-refractivity contribution >= 4 is 17.8 Å². The number of piperazine rings is 1. The van der Waals surface area contributed by atoms with Gasteiger partial charge < -0.3 is 15.1 Å². The molecule has 1 aromatic carbocycles. The molecule has 0 aliphatic carbocycles. The van der Waals surface area contributed by atoms with Crippen LogP contribution in [0.5, 0.6) is 0 Å². The number of amides is 1. The molecule has 0 saturated carbocycles. The van der Waals surface area contributed by atoms with Gasteiger partial charge in [0.1, 0.15) is 0 Å². The lowest BCUT2D eigenvalue weighted by atomic mass is 10.1. The number of likely N-dealkylation sites (N-methyl/N-ethyl adjacent to an activating group) is 1. The molecule has 4 nitrogen and oxygen atoms in total. The summed E-state index contributed by atoms with van der Waals surface area (Å²) in [6.07, 6.45) is 0.714. The number of hydrogen-bond donors (Lipinski definition) is 1. The second-order valence-electron chi connectivity index (χ2n) is 4.59. The molecule has 2 rings (SSSR count). The molecular formula is C13H19N3O. The normalized spacial score (nSPS) is 21.3. The van der Waals surface area contributed by atoms with Gasteiger partial charge in [0.15, 0.2) is 0 Å². The third kappa shape index (κ3) is 2.77. The van der Waals surface area contributed by atoms with Crippen LogP contribution in [0.25, 0.3) is 0 Å². The van der Waals surface area contributed by atoms with Crippen LogP contribution in [0, 0.1) is 0 Å². The molecule has 1 atom stereocenters. The van der Waals surface area contributed by atoms with Gasteiger partial charge in [-0.3, -0.25) is 4.79 Å². The van der Waals surface area contributed by atoms with Crippen molar-refractivity contribution in [2.45, 2.75) is 13.0 Å². The fourth-order valence-electron chi connectivity index (χ4n) is 2.14. The van der Waals surface area contributed by atoms with Gasteiger partial charge in [0, 0.05) is 37.1 Å². The Hall–Kier alpha value is -1.55. The fraction of sp³-hybridized carbons (Fsp3) is 0.462. The maximum Gasteiger partial charge on any atom is 0.211 e. The first-order valence-corrected chi connectivity index (χ1v) is 5.96. The molecule has 1 aliphatic rings. The van der Waals surface area contributed by atoms with Gasteiger partial charge in [0.05, 0.1) is 0 Å². The van der Waals surface area contributed by atoms with E-state index in [4.69, 9.17) is 0 Å². The Morgan fingerprint density at radius 3 is 2.94 bits per heavy atom. The molecule has 1 amide bonds. The summed E-state index contributed by atoms with van der Waals surface area (Å²) in [4.78, 5) is 15.2. The maximum atomic E-state index is 10.4. The van der Waals surface area contributed by atoms with Crippen molar-refractivity contribution in [3.63, 3.8) is 0 Å². The van der Waals surface area contributed by atoms with Crippen molar-refractivity contribution in [2.24, 2.45) is 0 Å². The Morgan fingerprint density at radius 2 is 2.24 bits per heavy atom. The average molecular weight is 233 g/mol. The first-order chi connectivity index (χ1) is 8.20. The molecule has 4 heteroatoms. The highest BCUT2D eigenvalue weighted by Crippen LogP contribution is 2.21. The molecular weight excluding hydrogens is 214 g/mol. The Kier molecular flexibility index (Phi) is 3.64. The zero-order valence-electron chi connectivity index (χ0n) is 10.4. The van der Waals surface area contributed by atoms with E-state index in [9.17, 15) is 4.79 Å². The smallest absolute Gasteiger partial charge is 0.211 e. The first-order valence-electron chi connectivity index (χ1n) is 5.96. The van der Waals surface area contributed by atoms with Crippen LogP contribution in [0.1, 0.15) is 6.92 Å². The summed E-state index contributed by atoms with van der Waals surface area (Å²) in [6, 6.07) is 8.55. The lowest BCUT2D eigenvalue weighted by Gasteiger charge is -2.39. The predicted octanol–water partition coefficient (Wildman–Crippen LogP) is 1.40. The van der Waals surface area contributed by atoms with E-state index < -0.39 is 0 Å². The lowest BCUT2D eigenvalue weighted by molar-refractivity contribution is -0.105. The Balaban J connectivity index is 2.11. The van der Waals surface area contributed by atoms with Gasteiger partial charge in [-0.15, -0.1) is 0 Å². The van der Waals surface area contributed by atoms with Gasteiger partial charge in [-0.2, -0.15) is 0 Å². The molecule has 0 radical (unpaired) electrons. The van der Waals surface area contributed by atoms with E-state index in [0.29, 0.717) is 12.5 Å². The fourth-order valence-corrected chi connectivity index (χ4v) is 2.14. The number of carbonyl (C=O) groups is 1. The van der Waals surface area contributed by atoms with E-state index in [-0.39, 0.29) is 0 Å².